The number of hydrogen-bond acceptors (Lipinski definition) is 4. The SMILES string of the molecule is c1ccc(-c2nc3cc(-c4cccc(-c5cccc(-c6c7c(cc8c(-c9ccccc9)nc9ccccc9c68)oc6ccccc67)c5)c4)ccc3s2)cc1. The van der Waals surface area contributed by atoms with Gasteiger partial charge in [0, 0.05) is 43.6 Å². The van der Waals surface area contributed by atoms with E-state index in [0.717, 1.165) is 99.0 Å². The molecule has 3 nitrogen and oxygen atoms in total. The van der Waals surface area contributed by atoms with Crippen molar-refractivity contribution in [3.63, 3.8) is 0 Å². The second-order valence-corrected chi connectivity index (χ2v) is 14.7. The van der Waals surface area contributed by atoms with Gasteiger partial charge >= 0.3 is 0 Å². The van der Waals surface area contributed by atoms with E-state index >= 15 is 0 Å². The number of aromatic nitrogens is 2. The molecule has 54 heavy (non-hydrogen) atoms. The normalized spacial score (nSPS) is 11.7. The maximum absolute atomic E-state index is 6.63. The predicted molar refractivity (Wildman–Crippen MR) is 227 cm³/mol. The van der Waals surface area contributed by atoms with E-state index in [2.05, 4.69) is 170 Å². The Hall–Kier alpha value is -6.88. The van der Waals surface area contributed by atoms with Crippen molar-refractivity contribution in [2.24, 2.45) is 0 Å². The molecule has 11 rings (SSSR count). The lowest BCUT2D eigenvalue weighted by Gasteiger charge is -2.16. The third-order valence-corrected chi connectivity index (χ3v) is 11.5. The van der Waals surface area contributed by atoms with Crippen LogP contribution >= 0.6 is 11.3 Å². The molecule has 11 aromatic rings. The lowest BCUT2D eigenvalue weighted by molar-refractivity contribution is 0.669. The minimum absolute atomic E-state index is 0.855. The first-order chi connectivity index (χ1) is 26.7. The maximum atomic E-state index is 6.63. The van der Waals surface area contributed by atoms with E-state index in [1.54, 1.807) is 11.3 Å². The molecule has 0 unspecified atom stereocenters. The summed E-state index contributed by atoms with van der Waals surface area (Å²) < 4.78 is 7.82. The van der Waals surface area contributed by atoms with Crippen LogP contribution in [0.4, 0.5) is 0 Å². The summed E-state index contributed by atoms with van der Waals surface area (Å²) in [6.45, 7) is 0. The first-order valence-electron chi connectivity index (χ1n) is 18.1. The summed E-state index contributed by atoms with van der Waals surface area (Å²) >= 11 is 1.73. The van der Waals surface area contributed by atoms with Crippen LogP contribution in [0.1, 0.15) is 0 Å². The summed E-state index contributed by atoms with van der Waals surface area (Å²) in [5.74, 6) is 0. The van der Waals surface area contributed by atoms with E-state index in [1.807, 2.05) is 12.1 Å². The fraction of sp³-hybridized carbons (Fsp3) is 0. The van der Waals surface area contributed by atoms with Gasteiger partial charge in [0.15, 0.2) is 0 Å². The molecular weight excluding hydrogens is 677 g/mol. The molecule has 0 saturated heterocycles. The van der Waals surface area contributed by atoms with Crippen LogP contribution in [0.5, 0.6) is 0 Å². The van der Waals surface area contributed by atoms with E-state index in [1.165, 1.54) is 10.1 Å². The van der Waals surface area contributed by atoms with Crippen LogP contribution < -0.4 is 0 Å². The first-order valence-corrected chi connectivity index (χ1v) is 19.0. The molecule has 0 amide bonds. The van der Waals surface area contributed by atoms with Crippen LogP contribution in [-0.2, 0) is 0 Å². The molecule has 0 saturated carbocycles. The van der Waals surface area contributed by atoms with Gasteiger partial charge in [-0.1, -0.05) is 140 Å². The summed E-state index contributed by atoms with van der Waals surface area (Å²) in [6, 6.07) is 64.4. The van der Waals surface area contributed by atoms with Crippen LogP contribution in [0.2, 0.25) is 0 Å². The number of fused-ring (bicyclic) bond motifs is 7. The third-order valence-electron chi connectivity index (χ3n) is 10.5. The Balaban J connectivity index is 1.11. The highest BCUT2D eigenvalue weighted by Gasteiger charge is 2.22. The van der Waals surface area contributed by atoms with E-state index in [9.17, 15) is 0 Å². The molecule has 4 heteroatoms. The second kappa shape index (κ2) is 12.4. The van der Waals surface area contributed by atoms with Gasteiger partial charge in [0.25, 0.3) is 0 Å². The lowest BCUT2D eigenvalue weighted by atomic mass is 9.88. The fourth-order valence-electron chi connectivity index (χ4n) is 7.97. The minimum Gasteiger partial charge on any atom is -0.456 e. The van der Waals surface area contributed by atoms with Gasteiger partial charge in [-0.25, -0.2) is 9.97 Å². The molecule has 0 aliphatic heterocycles. The van der Waals surface area contributed by atoms with Crippen LogP contribution in [0, 0.1) is 0 Å². The molecule has 0 fully saturated rings. The Labute approximate surface area is 315 Å². The van der Waals surface area contributed by atoms with Gasteiger partial charge in [0.1, 0.15) is 16.2 Å². The molecular formula is C50H30N2OS. The van der Waals surface area contributed by atoms with Crippen LogP contribution in [-0.4, -0.2) is 9.97 Å². The molecule has 0 aliphatic rings. The number of hydrogen-bond donors (Lipinski definition) is 0. The summed E-state index contributed by atoms with van der Waals surface area (Å²) in [4.78, 5) is 10.3. The highest BCUT2D eigenvalue weighted by Crippen LogP contribution is 2.47. The Bertz CT molecular complexity index is 3220. The van der Waals surface area contributed by atoms with Gasteiger partial charge in [-0.15, -0.1) is 11.3 Å². The zero-order valence-electron chi connectivity index (χ0n) is 29.0. The number of pyridine rings is 1. The molecule has 0 aliphatic carbocycles. The largest absolute Gasteiger partial charge is 0.456 e. The van der Waals surface area contributed by atoms with Crippen molar-refractivity contribution in [1.29, 1.82) is 0 Å². The standard InChI is InChI=1S/C50H30N2OS/c1-3-13-31(14-4-1)49-40-30-44-48(39-22-8-10-24-43(39)53-44)46(47(40)38-21-7-9-23-41(38)51-49)37-20-12-19-35(28-37)33-17-11-18-34(27-33)36-25-26-45-42(29-36)52-50(54-45)32-15-5-2-6-16-32/h1-30H. The Morgan fingerprint density at radius 1 is 0.370 bits per heavy atom. The number of furan rings is 1. The summed E-state index contributed by atoms with van der Waals surface area (Å²) in [6.07, 6.45) is 0. The molecule has 0 bridgehead atoms. The molecule has 252 valence electrons. The smallest absolute Gasteiger partial charge is 0.136 e. The van der Waals surface area contributed by atoms with Gasteiger partial charge in [-0.3, -0.25) is 0 Å². The highest BCUT2D eigenvalue weighted by molar-refractivity contribution is 7.21. The van der Waals surface area contributed by atoms with Crippen molar-refractivity contribution in [2.45, 2.75) is 0 Å². The van der Waals surface area contributed by atoms with Crippen LogP contribution in [0.3, 0.4) is 0 Å². The van der Waals surface area contributed by atoms with Gasteiger partial charge in [0.2, 0.25) is 0 Å². The topological polar surface area (TPSA) is 38.9 Å². The predicted octanol–water partition coefficient (Wildman–Crippen LogP) is 14.2. The van der Waals surface area contributed by atoms with Crippen molar-refractivity contribution in [3.05, 3.63) is 182 Å². The molecule has 0 radical (unpaired) electrons. The van der Waals surface area contributed by atoms with Crippen LogP contribution in [0.15, 0.2) is 186 Å². The maximum Gasteiger partial charge on any atom is 0.136 e. The van der Waals surface area contributed by atoms with Gasteiger partial charge in [-0.2, -0.15) is 0 Å². The molecule has 3 aromatic heterocycles. The molecule has 0 atom stereocenters. The fourth-order valence-corrected chi connectivity index (χ4v) is 8.92. The van der Waals surface area contributed by atoms with Crippen molar-refractivity contribution >= 4 is 65.2 Å². The van der Waals surface area contributed by atoms with Crippen molar-refractivity contribution in [3.8, 4) is 55.2 Å². The number of thiazole rings is 1. The summed E-state index contributed by atoms with van der Waals surface area (Å²) in [5, 5.41) is 6.63. The quantitative estimate of drug-likeness (QED) is 0.167. The number of benzene rings is 8. The Kier molecular flexibility index (Phi) is 7.04. The molecule has 8 aromatic carbocycles. The van der Waals surface area contributed by atoms with Gasteiger partial charge < -0.3 is 4.42 Å². The number of nitrogens with zero attached hydrogens (tertiary/aromatic N) is 2. The van der Waals surface area contributed by atoms with Crippen molar-refractivity contribution < 1.29 is 4.42 Å². The number of para-hydroxylation sites is 2. The minimum atomic E-state index is 0.855. The zero-order valence-corrected chi connectivity index (χ0v) is 29.8. The van der Waals surface area contributed by atoms with E-state index in [4.69, 9.17) is 14.4 Å². The Morgan fingerprint density at radius 2 is 0.981 bits per heavy atom. The third kappa shape index (κ3) is 5.03. The lowest BCUT2D eigenvalue weighted by Crippen LogP contribution is -1.93. The van der Waals surface area contributed by atoms with Crippen molar-refractivity contribution in [1.82, 2.24) is 9.97 Å². The molecule has 0 N–H and O–H groups in total. The molecule has 3 heterocycles. The average Bonchev–Trinajstić information content (AvgIpc) is 3.85. The van der Waals surface area contributed by atoms with E-state index < -0.39 is 0 Å². The monoisotopic (exact) mass is 706 g/mol. The van der Waals surface area contributed by atoms with Gasteiger partial charge in [0.05, 0.1) is 21.4 Å². The average molecular weight is 707 g/mol. The zero-order chi connectivity index (χ0) is 35.6. The van der Waals surface area contributed by atoms with Crippen molar-refractivity contribution in [2.75, 3.05) is 0 Å². The summed E-state index contributed by atoms with van der Waals surface area (Å²) in [7, 11) is 0. The van der Waals surface area contributed by atoms with E-state index in [0.29, 0.717) is 0 Å². The molecule has 0 spiro atoms. The second-order valence-electron chi connectivity index (χ2n) is 13.7. The highest BCUT2D eigenvalue weighted by atomic mass is 32.1. The van der Waals surface area contributed by atoms with Gasteiger partial charge in [-0.05, 0) is 70.3 Å². The first kappa shape index (κ1) is 30.7. The Morgan fingerprint density at radius 3 is 1.76 bits per heavy atom. The van der Waals surface area contributed by atoms with E-state index in [-0.39, 0.29) is 0 Å². The number of rotatable bonds is 5. The summed E-state index contributed by atoms with van der Waals surface area (Å²) in [5.41, 5.74) is 13.8. The van der Waals surface area contributed by atoms with Crippen LogP contribution in [0.25, 0.3) is 109 Å².